The van der Waals surface area contributed by atoms with Crippen LogP contribution in [0.1, 0.15) is 19.3 Å². The van der Waals surface area contributed by atoms with Gasteiger partial charge in [0.25, 0.3) is 0 Å². The number of thioether (sulfide) groups is 1. The molecule has 0 N–H and O–H groups in total. The van der Waals surface area contributed by atoms with Gasteiger partial charge in [0, 0.05) is 11.8 Å². The molecule has 0 aliphatic carbocycles. The van der Waals surface area contributed by atoms with Gasteiger partial charge in [-0.25, -0.2) is 0 Å². The third-order valence-corrected chi connectivity index (χ3v) is 4.18. The molecule has 2 fully saturated rings. The lowest BCUT2D eigenvalue weighted by Gasteiger charge is -2.37. The lowest BCUT2D eigenvalue weighted by molar-refractivity contribution is -0.0632. The van der Waals surface area contributed by atoms with Gasteiger partial charge in [0.15, 0.2) is 0 Å². The predicted molar refractivity (Wildman–Crippen MR) is 57.3 cm³/mol. The second-order valence-corrected chi connectivity index (χ2v) is 5.18. The summed E-state index contributed by atoms with van der Waals surface area (Å²) in [7, 11) is 0. The molecule has 0 saturated carbocycles. The molecule has 2 nitrogen and oxygen atoms in total. The smallest absolute Gasteiger partial charge is 0.0645 e. The van der Waals surface area contributed by atoms with Crippen LogP contribution in [0.3, 0.4) is 0 Å². The number of rotatable bonds is 2. The van der Waals surface area contributed by atoms with Crippen LogP contribution in [0.2, 0.25) is 0 Å². The highest BCUT2D eigenvalue weighted by molar-refractivity contribution is 7.99. The topological polar surface area (TPSA) is 12.5 Å². The van der Waals surface area contributed by atoms with Crippen LogP contribution in [0.4, 0.5) is 0 Å². The van der Waals surface area contributed by atoms with Crippen molar-refractivity contribution in [1.29, 1.82) is 0 Å². The van der Waals surface area contributed by atoms with Crippen LogP contribution < -0.4 is 0 Å². The maximum atomic E-state index is 5.25. The zero-order valence-electron chi connectivity index (χ0n) is 8.37. The van der Waals surface area contributed by atoms with Gasteiger partial charge in [-0.3, -0.25) is 4.90 Å². The Morgan fingerprint density at radius 1 is 1.31 bits per heavy atom. The highest BCUT2D eigenvalue weighted by Crippen LogP contribution is 2.23. The molecule has 1 unspecified atom stereocenters. The summed E-state index contributed by atoms with van der Waals surface area (Å²) in [6.45, 7) is 4.53. The number of likely N-dealkylation sites (tertiary alicyclic amines) is 1. The summed E-state index contributed by atoms with van der Waals surface area (Å²) in [6.07, 6.45) is 6.44. The Labute approximate surface area is 85.0 Å². The van der Waals surface area contributed by atoms with E-state index in [1.54, 1.807) is 0 Å². The minimum Gasteiger partial charge on any atom is -0.378 e. The molecule has 76 valence electrons. The zero-order valence-corrected chi connectivity index (χ0v) is 9.18. The Bertz CT molecular complexity index is 161. The first-order chi connectivity index (χ1) is 6.40. The monoisotopic (exact) mass is 201 g/mol. The molecule has 0 aromatic carbocycles. The average molecular weight is 201 g/mol. The minimum absolute atomic E-state index is 0.743. The minimum atomic E-state index is 0.743. The van der Waals surface area contributed by atoms with Crippen molar-refractivity contribution >= 4 is 11.8 Å². The van der Waals surface area contributed by atoms with Crippen molar-refractivity contribution in [2.45, 2.75) is 30.6 Å². The van der Waals surface area contributed by atoms with Crippen molar-refractivity contribution in [3.63, 3.8) is 0 Å². The van der Waals surface area contributed by atoms with Crippen LogP contribution in [0.25, 0.3) is 0 Å². The van der Waals surface area contributed by atoms with Crippen molar-refractivity contribution in [3.05, 3.63) is 0 Å². The lowest BCUT2D eigenvalue weighted by atomic mass is 10.2. The van der Waals surface area contributed by atoms with Gasteiger partial charge in [-0.15, -0.1) is 0 Å². The Balaban J connectivity index is 1.85. The van der Waals surface area contributed by atoms with Gasteiger partial charge in [0.1, 0.15) is 0 Å². The van der Waals surface area contributed by atoms with Gasteiger partial charge >= 0.3 is 0 Å². The molecular weight excluding hydrogens is 182 g/mol. The molecule has 2 heterocycles. The van der Waals surface area contributed by atoms with Crippen LogP contribution in [-0.2, 0) is 4.74 Å². The standard InChI is InChI=1S/C10H19NOS/c1-13-10-4-2-3-5-11(6-10)9-7-12-8-9/h9-10H,2-8H2,1H3. The van der Waals surface area contributed by atoms with Crippen molar-refractivity contribution in [1.82, 2.24) is 4.90 Å². The second-order valence-electron chi connectivity index (χ2n) is 4.04. The Hall–Kier alpha value is 0.270. The third-order valence-electron chi connectivity index (χ3n) is 3.13. The van der Waals surface area contributed by atoms with E-state index in [4.69, 9.17) is 4.74 Å². The average Bonchev–Trinajstić information content (AvgIpc) is 2.27. The molecule has 2 aliphatic heterocycles. The van der Waals surface area contributed by atoms with E-state index < -0.39 is 0 Å². The summed E-state index contributed by atoms with van der Waals surface area (Å²) in [4.78, 5) is 2.64. The maximum Gasteiger partial charge on any atom is 0.0645 e. The number of hydrogen-bond acceptors (Lipinski definition) is 3. The molecular formula is C10H19NOS. The summed E-state index contributed by atoms with van der Waals surface area (Å²) in [5.74, 6) is 0. The molecule has 2 saturated heterocycles. The highest BCUT2D eigenvalue weighted by atomic mass is 32.2. The van der Waals surface area contributed by atoms with Crippen molar-refractivity contribution in [2.24, 2.45) is 0 Å². The first-order valence-electron chi connectivity index (χ1n) is 5.24. The Kier molecular flexibility index (Phi) is 3.52. The Morgan fingerprint density at radius 3 is 2.77 bits per heavy atom. The second kappa shape index (κ2) is 4.67. The van der Waals surface area contributed by atoms with Crippen LogP contribution in [0.15, 0.2) is 0 Å². The fourth-order valence-electron chi connectivity index (χ4n) is 2.09. The first kappa shape index (κ1) is 9.81. The predicted octanol–water partition coefficient (Wildman–Crippen LogP) is 1.60. The first-order valence-corrected chi connectivity index (χ1v) is 6.53. The fourth-order valence-corrected chi connectivity index (χ4v) is 2.83. The molecule has 0 radical (unpaired) electrons. The summed E-state index contributed by atoms with van der Waals surface area (Å²) < 4.78 is 5.25. The lowest BCUT2D eigenvalue weighted by Crippen LogP contribution is -2.50. The van der Waals surface area contributed by atoms with Gasteiger partial charge in [0.05, 0.1) is 19.3 Å². The van der Waals surface area contributed by atoms with Crippen LogP contribution in [0, 0.1) is 0 Å². The van der Waals surface area contributed by atoms with E-state index >= 15 is 0 Å². The molecule has 13 heavy (non-hydrogen) atoms. The van der Waals surface area contributed by atoms with E-state index in [1.165, 1.54) is 32.4 Å². The summed E-state index contributed by atoms with van der Waals surface area (Å²) >= 11 is 2.03. The largest absolute Gasteiger partial charge is 0.378 e. The quantitative estimate of drug-likeness (QED) is 0.673. The summed E-state index contributed by atoms with van der Waals surface area (Å²) in [5, 5.41) is 0.864. The zero-order chi connectivity index (χ0) is 9.10. The van der Waals surface area contributed by atoms with Gasteiger partial charge in [0.2, 0.25) is 0 Å². The van der Waals surface area contributed by atoms with E-state index in [2.05, 4.69) is 11.2 Å². The summed E-state index contributed by atoms with van der Waals surface area (Å²) in [5.41, 5.74) is 0. The molecule has 0 bridgehead atoms. The molecule has 1 atom stereocenters. The molecule has 2 aliphatic rings. The van der Waals surface area contributed by atoms with E-state index in [1.807, 2.05) is 11.8 Å². The van der Waals surface area contributed by atoms with Crippen LogP contribution >= 0.6 is 11.8 Å². The van der Waals surface area contributed by atoms with Crippen molar-refractivity contribution < 1.29 is 4.74 Å². The number of hydrogen-bond donors (Lipinski definition) is 0. The summed E-state index contributed by atoms with van der Waals surface area (Å²) in [6, 6.07) is 0.743. The fraction of sp³-hybridized carbons (Fsp3) is 1.00. The van der Waals surface area contributed by atoms with E-state index in [0.717, 1.165) is 24.5 Å². The normalized spacial score (nSPS) is 32.5. The van der Waals surface area contributed by atoms with Crippen molar-refractivity contribution in [3.8, 4) is 0 Å². The highest BCUT2D eigenvalue weighted by Gasteiger charge is 2.28. The molecule has 2 rings (SSSR count). The van der Waals surface area contributed by atoms with E-state index in [-0.39, 0.29) is 0 Å². The van der Waals surface area contributed by atoms with Crippen LogP contribution in [-0.4, -0.2) is 48.8 Å². The Morgan fingerprint density at radius 2 is 2.15 bits per heavy atom. The number of ether oxygens (including phenoxy) is 1. The molecule has 0 spiro atoms. The maximum absolute atomic E-state index is 5.25. The van der Waals surface area contributed by atoms with Crippen LogP contribution in [0.5, 0.6) is 0 Å². The molecule has 0 aromatic heterocycles. The molecule has 0 amide bonds. The van der Waals surface area contributed by atoms with E-state index in [0.29, 0.717) is 0 Å². The third kappa shape index (κ3) is 2.39. The number of nitrogens with zero attached hydrogens (tertiary/aromatic N) is 1. The van der Waals surface area contributed by atoms with Gasteiger partial charge in [-0.1, -0.05) is 6.42 Å². The van der Waals surface area contributed by atoms with Gasteiger partial charge < -0.3 is 4.74 Å². The van der Waals surface area contributed by atoms with Gasteiger partial charge in [-0.2, -0.15) is 11.8 Å². The SMILES string of the molecule is CSC1CCCCN(C2COC2)C1. The van der Waals surface area contributed by atoms with Crippen molar-refractivity contribution in [2.75, 3.05) is 32.6 Å². The van der Waals surface area contributed by atoms with Gasteiger partial charge in [-0.05, 0) is 25.6 Å². The molecule has 3 heteroatoms. The molecule has 0 aromatic rings. The van der Waals surface area contributed by atoms with E-state index in [9.17, 15) is 0 Å².